The lowest BCUT2D eigenvalue weighted by Gasteiger charge is -2.34. The van der Waals surface area contributed by atoms with Crippen molar-refractivity contribution in [3.05, 3.63) is 0 Å². The number of likely N-dealkylation sites (tertiary alicyclic amines) is 1. The fourth-order valence-corrected chi connectivity index (χ4v) is 2.24. The van der Waals surface area contributed by atoms with Crippen molar-refractivity contribution in [1.82, 2.24) is 4.90 Å². The summed E-state index contributed by atoms with van der Waals surface area (Å²) in [5.41, 5.74) is -0.649. The van der Waals surface area contributed by atoms with Crippen molar-refractivity contribution in [1.29, 1.82) is 0 Å². The van der Waals surface area contributed by atoms with Gasteiger partial charge in [0.15, 0.2) is 0 Å². The second-order valence-electron chi connectivity index (χ2n) is 4.87. The SMILES string of the molecule is CC[C@@H](O)CN1CCCC1C(C)(C)O. The first kappa shape index (κ1) is 12.0. The molecule has 0 amide bonds. The Bertz CT molecular complexity index is 177. The maximum atomic E-state index is 9.95. The first-order valence-corrected chi connectivity index (χ1v) is 5.59. The lowest BCUT2D eigenvalue weighted by molar-refractivity contribution is -0.0160. The zero-order chi connectivity index (χ0) is 10.8. The molecule has 0 bridgehead atoms. The van der Waals surface area contributed by atoms with Crippen LogP contribution in [-0.2, 0) is 0 Å². The largest absolute Gasteiger partial charge is 0.392 e. The minimum atomic E-state index is -0.649. The minimum absolute atomic E-state index is 0.212. The second-order valence-corrected chi connectivity index (χ2v) is 4.87. The van der Waals surface area contributed by atoms with E-state index in [9.17, 15) is 10.2 Å². The second kappa shape index (κ2) is 4.60. The molecule has 1 unspecified atom stereocenters. The van der Waals surface area contributed by atoms with Crippen LogP contribution in [0.15, 0.2) is 0 Å². The van der Waals surface area contributed by atoms with Crippen molar-refractivity contribution in [3.8, 4) is 0 Å². The van der Waals surface area contributed by atoms with Crippen LogP contribution in [0, 0.1) is 0 Å². The summed E-state index contributed by atoms with van der Waals surface area (Å²) in [6.07, 6.45) is 2.71. The lowest BCUT2D eigenvalue weighted by Crippen LogP contribution is -2.47. The van der Waals surface area contributed by atoms with Gasteiger partial charge < -0.3 is 10.2 Å². The molecule has 0 saturated carbocycles. The van der Waals surface area contributed by atoms with E-state index in [-0.39, 0.29) is 12.1 Å². The summed E-state index contributed by atoms with van der Waals surface area (Å²) in [5, 5.41) is 19.5. The number of hydrogen-bond donors (Lipinski definition) is 2. The van der Waals surface area contributed by atoms with Gasteiger partial charge in [0.2, 0.25) is 0 Å². The van der Waals surface area contributed by atoms with Gasteiger partial charge in [-0.05, 0) is 39.7 Å². The van der Waals surface area contributed by atoms with Gasteiger partial charge in [-0.2, -0.15) is 0 Å². The molecule has 0 aliphatic carbocycles. The van der Waals surface area contributed by atoms with Crippen molar-refractivity contribution in [2.75, 3.05) is 13.1 Å². The summed E-state index contributed by atoms with van der Waals surface area (Å²) >= 11 is 0. The summed E-state index contributed by atoms with van der Waals surface area (Å²) < 4.78 is 0. The Hall–Kier alpha value is -0.120. The van der Waals surface area contributed by atoms with Crippen LogP contribution in [0.5, 0.6) is 0 Å². The Balaban J connectivity index is 2.51. The van der Waals surface area contributed by atoms with Crippen molar-refractivity contribution >= 4 is 0 Å². The fraction of sp³-hybridized carbons (Fsp3) is 1.00. The number of hydrogen-bond acceptors (Lipinski definition) is 3. The highest BCUT2D eigenvalue weighted by atomic mass is 16.3. The van der Waals surface area contributed by atoms with Crippen LogP contribution in [0.2, 0.25) is 0 Å². The molecule has 0 aromatic carbocycles. The van der Waals surface area contributed by atoms with Gasteiger partial charge in [0.25, 0.3) is 0 Å². The molecule has 3 nitrogen and oxygen atoms in total. The van der Waals surface area contributed by atoms with E-state index in [1.54, 1.807) is 0 Å². The van der Waals surface area contributed by atoms with Crippen molar-refractivity contribution in [2.45, 2.75) is 57.8 Å². The van der Waals surface area contributed by atoms with Crippen LogP contribution in [0.4, 0.5) is 0 Å². The van der Waals surface area contributed by atoms with E-state index in [1.807, 2.05) is 20.8 Å². The highest BCUT2D eigenvalue weighted by Gasteiger charge is 2.36. The summed E-state index contributed by atoms with van der Waals surface area (Å²) in [6, 6.07) is 0.212. The Morgan fingerprint density at radius 2 is 2.14 bits per heavy atom. The summed E-state index contributed by atoms with van der Waals surface area (Å²) in [5.74, 6) is 0. The summed E-state index contributed by atoms with van der Waals surface area (Å²) in [7, 11) is 0. The van der Waals surface area contributed by atoms with Gasteiger partial charge in [-0.15, -0.1) is 0 Å². The number of rotatable bonds is 4. The Labute approximate surface area is 86.7 Å². The number of aliphatic hydroxyl groups excluding tert-OH is 1. The van der Waals surface area contributed by atoms with Crippen LogP contribution in [0.1, 0.15) is 40.0 Å². The van der Waals surface area contributed by atoms with Crippen LogP contribution < -0.4 is 0 Å². The third-order valence-corrected chi connectivity index (χ3v) is 3.10. The zero-order valence-corrected chi connectivity index (χ0v) is 9.53. The molecule has 2 atom stereocenters. The van der Waals surface area contributed by atoms with Gasteiger partial charge >= 0.3 is 0 Å². The van der Waals surface area contributed by atoms with Crippen molar-refractivity contribution in [3.63, 3.8) is 0 Å². The fourth-order valence-electron chi connectivity index (χ4n) is 2.24. The average Bonchev–Trinajstić information content (AvgIpc) is 2.51. The highest BCUT2D eigenvalue weighted by Crippen LogP contribution is 2.26. The Morgan fingerprint density at radius 3 is 2.64 bits per heavy atom. The van der Waals surface area contributed by atoms with E-state index in [1.165, 1.54) is 0 Å². The molecule has 3 heteroatoms. The maximum absolute atomic E-state index is 9.95. The van der Waals surface area contributed by atoms with Gasteiger partial charge in [0.1, 0.15) is 0 Å². The highest BCUT2D eigenvalue weighted by molar-refractivity contribution is 4.91. The number of nitrogens with zero attached hydrogens (tertiary/aromatic N) is 1. The molecule has 0 spiro atoms. The number of β-amino-alcohol motifs (C(OH)–C–C–N with tert-alkyl or cyclic N) is 1. The third kappa shape index (κ3) is 2.94. The van der Waals surface area contributed by atoms with E-state index >= 15 is 0 Å². The predicted molar refractivity (Wildman–Crippen MR) is 57.2 cm³/mol. The third-order valence-electron chi connectivity index (χ3n) is 3.10. The van der Waals surface area contributed by atoms with E-state index < -0.39 is 5.60 Å². The summed E-state index contributed by atoms with van der Waals surface area (Å²) in [6.45, 7) is 7.40. The monoisotopic (exact) mass is 201 g/mol. The number of aliphatic hydroxyl groups is 2. The van der Waals surface area contributed by atoms with E-state index in [2.05, 4.69) is 4.90 Å². The molecular formula is C11H23NO2. The topological polar surface area (TPSA) is 43.7 Å². The summed E-state index contributed by atoms with van der Waals surface area (Å²) in [4.78, 5) is 2.22. The molecule has 1 heterocycles. The van der Waals surface area contributed by atoms with Gasteiger partial charge in [-0.1, -0.05) is 6.92 Å². The molecule has 14 heavy (non-hydrogen) atoms. The standard InChI is InChI=1S/C11H23NO2/c1-4-9(13)8-12-7-5-6-10(12)11(2,3)14/h9-10,13-14H,4-8H2,1-3H3/t9-,10?/m1/s1. The molecule has 2 N–H and O–H groups in total. The van der Waals surface area contributed by atoms with Gasteiger partial charge in [0.05, 0.1) is 11.7 Å². The molecule has 1 rings (SSSR count). The molecule has 1 aliphatic rings. The lowest BCUT2D eigenvalue weighted by atomic mass is 9.96. The van der Waals surface area contributed by atoms with Crippen molar-refractivity contribution < 1.29 is 10.2 Å². The zero-order valence-electron chi connectivity index (χ0n) is 9.53. The molecule has 84 valence electrons. The van der Waals surface area contributed by atoms with Gasteiger partial charge in [0, 0.05) is 12.6 Å². The molecule has 1 fully saturated rings. The molecule has 0 aromatic rings. The van der Waals surface area contributed by atoms with Gasteiger partial charge in [-0.3, -0.25) is 4.90 Å². The minimum Gasteiger partial charge on any atom is -0.392 e. The van der Waals surface area contributed by atoms with E-state index in [4.69, 9.17) is 0 Å². The Kier molecular flexibility index (Phi) is 3.93. The van der Waals surface area contributed by atoms with E-state index in [0.717, 1.165) is 25.8 Å². The van der Waals surface area contributed by atoms with Crippen LogP contribution >= 0.6 is 0 Å². The predicted octanol–water partition coefficient (Wildman–Crippen LogP) is 0.993. The smallest absolute Gasteiger partial charge is 0.0746 e. The molecule has 1 aliphatic heterocycles. The van der Waals surface area contributed by atoms with E-state index in [0.29, 0.717) is 6.54 Å². The maximum Gasteiger partial charge on any atom is 0.0746 e. The van der Waals surface area contributed by atoms with Crippen molar-refractivity contribution in [2.24, 2.45) is 0 Å². The first-order chi connectivity index (χ1) is 6.45. The Morgan fingerprint density at radius 1 is 1.50 bits per heavy atom. The quantitative estimate of drug-likeness (QED) is 0.713. The molecule has 0 aromatic heterocycles. The van der Waals surface area contributed by atoms with Gasteiger partial charge in [-0.25, -0.2) is 0 Å². The van der Waals surface area contributed by atoms with Crippen LogP contribution in [-0.4, -0.2) is 45.9 Å². The molecule has 0 radical (unpaired) electrons. The average molecular weight is 201 g/mol. The molecule has 1 saturated heterocycles. The first-order valence-electron chi connectivity index (χ1n) is 5.59. The normalized spacial score (nSPS) is 26.8. The van der Waals surface area contributed by atoms with Crippen LogP contribution in [0.25, 0.3) is 0 Å². The van der Waals surface area contributed by atoms with Crippen LogP contribution in [0.3, 0.4) is 0 Å². The molecular weight excluding hydrogens is 178 g/mol.